The Kier molecular flexibility index (Phi) is 3.96. The Morgan fingerprint density at radius 1 is 0.886 bits per heavy atom. The van der Waals surface area contributed by atoms with Crippen molar-refractivity contribution in [3.8, 4) is 22.4 Å². The Morgan fingerprint density at radius 3 is 2.37 bits per heavy atom. The first-order valence-electron chi connectivity index (χ1n) is 14.5. The van der Waals surface area contributed by atoms with Crippen LogP contribution in [0.25, 0.3) is 49.2 Å². The van der Waals surface area contributed by atoms with Crippen LogP contribution in [0.3, 0.4) is 0 Å². The van der Waals surface area contributed by atoms with E-state index in [0.717, 1.165) is 27.1 Å². The van der Waals surface area contributed by atoms with E-state index >= 15 is 0 Å². The molecular weight excluding hydrogens is 444 g/mol. The zero-order valence-corrected chi connectivity index (χ0v) is 21.6. The standard InChI is InChI=1S/C31H31N2OSi/c1-19-9-12-26-25-13-10-22(32-4)16-29(25)34-31(26)30(19)28-17-27(21(3)18-33(28)5)24-14-11-23(15-20(24)2)35(6,7)8/h9-18H,1-3,5-8H3/q+1/i2D3,3D3. The maximum absolute atomic E-state index is 8.35. The van der Waals surface area contributed by atoms with E-state index in [4.69, 9.17) is 19.2 Å². The molecule has 3 nitrogen and oxygen atoms in total. The summed E-state index contributed by atoms with van der Waals surface area (Å²) in [6.07, 6.45) is 1.57. The van der Waals surface area contributed by atoms with Crippen molar-refractivity contribution >= 4 is 40.9 Å². The Hall–Kier alpha value is -3.68. The predicted octanol–water partition coefficient (Wildman–Crippen LogP) is 7.77. The molecule has 3 aromatic carbocycles. The molecule has 0 amide bonds. The number of benzene rings is 3. The molecule has 0 saturated heterocycles. The van der Waals surface area contributed by atoms with Crippen molar-refractivity contribution < 1.29 is 17.2 Å². The number of nitrogens with zero attached hydrogens (tertiary/aromatic N) is 2. The van der Waals surface area contributed by atoms with E-state index < -0.39 is 21.8 Å². The van der Waals surface area contributed by atoms with Gasteiger partial charge in [-0.3, -0.25) is 0 Å². The van der Waals surface area contributed by atoms with Crippen molar-refractivity contribution in [2.45, 2.75) is 40.3 Å². The molecule has 0 aliphatic heterocycles. The first-order valence-corrected chi connectivity index (χ1v) is 15.0. The Bertz CT molecular complexity index is 1890. The zero-order valence-electron chi connectivity index (χ0n) is 26.6. The second-order valence-corrected chi connectivity index (χ2v) is 15.2. The number of aryl methyl sites for hydroxylation is 4. The third-order valence-corrected chi connectivity index (χ3v) is 8.71. The second kappa shape index (κ2) is 8.22. The van der Waals surface area contributed by atoms with Crippen LogP contribution in [0.1, 0.15) is 24.9 Å². The van der Waals surface area contributed by atoms with Crippen LogP contribution in [0.4, 0.5) is 5.69 Å². The van der Waals surface area contributed by atoms with Crippen LogP contribution in [-0.2, 0) is 7.05 Å². The van der Waals surface area contributed by atoms with Gasteiger partial charge in [-0.15, -0.1) is 0 Å². The van der Waals surface area contributed by atoms with Crippen LogP contribution in [0.5, 0.6) is 0 Å². The normalized spacial score (nSPS) is 15.1. The van der Waals surface area contributed by atoms with Crippen LogP contribution in [-0.4, -0.2) is 8.07 Å². The first-order chi connectivity index (χ1) is 19.0. The van der Waals surface area contributed by atoms with Gasteiger partial charge < -0.3 is 4.42 Å². The van der Waals surface area contributed by atoms with Gasteiger partial charge >= 0.3 is 0 Å². The summed E-state index contributed by atoms with van der Waals surface area (Å²) in [5, 5.41) is 2.75. The average Bonchev–Trinajstić information content (AvgIpc) is 3.24. The summed E-state index contributed by atoms with van der Waals surface area (Å²) in [5.41, 5.74) is 5.03. The number of fused-ring (bicyclic) bond motifs is 3. The number of pyridine rings is 1. The number of aromatic nitrogens is 1. The molecule has 0 fully saturated rings. The van der Waals surface area contributed by atoms with Gasteiger partial charge in [0.1, 0.15) is 18.2 Å². The summed E-state index contributed by atoms with van der Waals surface area (Å²) in [6, 6.07) is 16.5. The minimum absolute atomic E-state index is 0.0751. The van der Waals surface area contributed by atoms with Crippen molar-refractivity contribution in [1.29, 1.82) is 0 Å². The summed E-state index contributed by atoms with van der Waals surface area (Å²) in [5.74, 6) is 0. The van der Waals surface area contributed by atoms with Crippen LogP contribution in [0, 0.1) is 27.2 Å². The van der Waals surface area contributed by atoms with Crippen LogP contribution >= 0.6 is 0 Å². The minimum atomic E-state index is -2.48. The molecule has 0 N–H and O–H groups in total. The van der Waals surface area contributed by atoms with Crippen LogP contribution < -0.4 is 9.75 Å². The minimum Gasteiger partial charge on any atom is -0.456 e. The van der Waals surface area contributed by atoms with E-state index in [1.54, 1.807) is 48.1 Å². The lowest BCUT2D eigenvalue weighted by Gasteiger charge is -2.19. The van der Waals surface area contributed by atoms with Crippen molar-refractivity contribution in [1.82, 2.24) is 0 Å². The molecule has 0 radical (unpaired) electrons. The Labute approximate surface area is 216 Å². The van der Waals surface area contributed by atoms with Crippen LogP contribution in [0.2, 0.25) is 19.6 Å². The van der Waals surface area contributed by atoms with E-state index in [-0.39, 0.29) is 11.1 Å². The Balaban J connectivity index is 1.87. The maximum atomic E-state index is 8.35. The highest BCUT2D eigenvalue weighted by Crippen LogP contribution is 2.39. The largest absolute Gasteiger partial charge is 0.456 e. The van der Waals surface area contributed by atoms with Gasteiger partial charge in [0.2, 0.25) is 5.69 Å². The van der Waals surface area contributed by atoms with E-state index in [2.05, 4.69) is 24.5 Å². The first kappa shape index (κ1) is 16.9. The summed E-state index contributed by atoms with van der Waals surface area (Å²) >= 11 is 0. The highest BCUT2D eigenvalue weighted by molar-refractivity contribution is 6.88. The molecule has 0 spiro atoms. The van der Waals surface area contributed by atoms with Gasteiger partial charge in [-0.25, -0.2) is 9.41 Å². The maximum Gasteiger partial charge on any atom is 0.216 e. The van der Waals surface area contributed by atoms with E-state index in [0.29, 0.717) is 33.7 Å². The fourth-order valence-electron chi connectivity index (χ4n) is 4.68. The van der Waals surface area contributed by atoms with Crippen molar-refractivity contribution in [2.75, 3.05) is 0 Å². The SMILES string of the molecule is [2H]C([2H])([2H])c1cc([Si](C)(C)C)ccc1-c1cc(-c2c(C)ccc3c2oc2cc([N+]#[C-])ccc23)[n+](C)cc1C([2H])([2H])[2H]. The van der Waals surface area contributed by atoms with Crippen molar-refractivity contribution in [3.63, 3.8) is 0 Å². The molecule has 0 aliphatic rings. The quantitative estimate of drug-likeness (QED) is 0.146. The van der Waals surface area contributed by atoms with Crippen LogP contribution in [0.15, 0.2) is 65.2 Å². The third kappa shape index (κ3) is 3.86. The monoisotopic (exact) mass is 481 g/mol. The fraction of sp³-hybridized carbons (Fsp3) is 0.226. The average molecular weight is 482 g/mol. The molecule has 0 bridgehead atoms. The highest BCUT2D eigenvalue weighted by Gasteiger charge is 2.24. The molecule has 35 heavy (non-hydrogen) atoms. The lowest BCUT2D eigenvalue weighted by atomic mass is 9.94. The Morgan fingerprint density at radius 2 is 1.66 bits per heavy atom. The van der Waals surface area contributed by atoms with E-state index in [1.807, 2.05) is 31.2 Å². The number of hydrogen-bond donors (Lipinski definition) is 0. The molecule has 4 heteroatoms. The number of rotatable bonds is 3. The molecular formula is C31H31N2OSi+. The molecule has 2 heterocycles. The summed E-state index contributed by atoms with van der Waals surface area (Å²) in [7, 11) is -0.0645. The predicted molar refractivity (Wildman–Crippen MR) is 149 cm³/mol. The molecule has 2 aromatic heterocycles. The molecule has 0 atom stereocenters. The van der Waals surface area contributed by atoms with Gasteiger partial charge in [-0.2, -0.15) is 0 Å². The third-order valence-electron chi connectivity index (χ3n) is 6.67. The van der Waals surface area contributed by atoms with Gasteiger partial charge in [0.05, 0.1) is 20.2 Å². The summed E-state index contributed by atoms with van der Waals surface area (Å²) in [4.78, 5) is 3.52. The van der Waals surface area contributed by atoms with Gasteiger partial charge in [0.15, 0.2) is 11.9 Å². The molecule has 5 rings (SSSR count). The molecule has 5 aromatic rings. The molecule has 174 valence electrons. The van der Waals surface area contributed by atoms with Crippen molar-refractivity contribution in [3.05, 3.63) is 88.9 Å². The van der Waals surface area contributed by atoms with E-state index in [9.17, 15) is 0 Å². The smallest absolute Gasteiger partial charge is 0.216 e. The number of furan rings is 1. The topological polar surface area (TPSA) is 21.4 Å². The van der Waals surface area contributed by atoms with Gasteiger partial charge in [0, 0.05) is 30.6 Å². The summed E-state index contributed by atoms with van der Waals surface area (Å²) < 4.78 is 58.2. The van der Waals surface area contributed by atoms with Gasteiger partial charge in [-0.05, 0) is 48.9 Å². The lowest BCUT2D eigenvalue weighted by molar-refractivity contribution is -0.660. The summed E-state index contributed by atoms with van der Waals surface area (Å²) in [6.45, 7) is 10.9. The fourth-order valence-corrected chi connectivity index (χ4v) is 5.84. The van der Waals surface area contributed by atoms with Gasteiger partial charge in [0.25, 0.3) is 0 Å². The molecule has 0 saturated carbocycles. The van der Waals surface area contributed by atoms with E-state index in [1.165, 1.54) is 0 Å². The number of hydrogen-bond acceptors (Lipinski definition) is 1. The molecule has 0 unspecified atom stereocenters. The van der Waals surface area contributed by atoms with Crippen molar-refractivity contribution in [2.24, 2.45) is 7.05 Å². The zero-order chi connectivity index (χ0) is 30.1. The molecule has 0 aliphatic carbocycles. The lowest BCUT2D eigenvalue weighted by Crippen LogP contribution is -2.37. The second-order valence-electron chi connectivity index (χ2n) is 10.1. The van der Waals surface area contributed by atoms with Gasteiger partial charge in [-0.1, -0.05) is 67.3 Å². The highest BCUT2D eigenvalue weighted by atomic mass is 28.3.